The molecule has 0 radical (unpaired) electrons. The van der Waals surface area contributed by atoms with Gasteiger partial charge < -0.3 is 24.4 Å². The van der Waals surface area contributed by atoms with Gasteiger partial charge in [0, 0.05) is 38.5 Å². The maximum Gasteiger partial charge on any atom is 0.410 e. The minimum Gasteiger partial charge on any atom is -0.441 e. The number of hydrogen-bond acceptors (Lipinski definition) is 5. The molecule has 8 nitrogen and oxygen atoms in total. The Bertz CT molecular complexity index is 671. The molecule has 1 aromatic rings. The van der Waals surface area contributed by atoms with Crippen molar-refractivity contribution in [3.63, 3.8) is 0 Å². The van der Waals surface area contributed by atoms with Crippen LogP contribution < -0.4 is 5.32 Å². The Hall–Kier alpha value is -2.25. The standard InChI is InChI=1S/C17H24N4O4/c1-20-11-17(24-16(20)23)5-2-7-21(8-6-17)15(22)18-10-13-9-14(25-19-13)12-3-4-12/h9,12H,2-8,10-11H2,1H3,(H,18,22)/t17-/m0/s1. The first-order valence-corrected chi connectivity index (χ1v) is 8.97. The lowest BCUT2D eigenvalue weighted by Crippen LogP contribution is -2.41. The third-order valence-electron chi connectivity index (χ3n) is 5.30. The summed E-state index contributed by atoms with van der Waals surface area (Å²) in [6.45, 7) is 2.22. The van der Waals surface area contributed by atoms with Crippen LogP contribution in [0.3, 0.4) is 0 Å². The molecule has 1 aliphatic carbocycles. The van der Waals surface area contributed by atoms with E-state index in [1.807, 2.05) is 6.07 Å². The Morgan fingerprint density at radius 3 is 2.96 bits per heavy atom. The Morgan fingerprint density at radius 2 is 2.24 bits per heavy atom. The van der Waals surface area contributed by atoms with Gasteiger partial charge in [0.1, 0.15) is 17.1 Å². The summed E-state index contributed by atoms with van der Waals surface area (Å²) in [7, 11) is 1.75. The van der Waals surface area contributed by atoms with Gasteiger partial charge in [-0.05, 0) is 25.7 Å². The lowest BCUT2D eigenvalue weighted by molar-refractivity contribution is 0.0453. The molecule has 1 aromatic heterocycles. The Kier molecular flexibility index (Phi) is 4.05. The number of hydrogen-bond donors (Lipinski definition) is 1. The number of ether oxygens (including phenoxy) is 1. The van der Waals surface area contributed by atoms with Crippen molar-refractivity contribution in [2.24, 2.45) is 0 Å². The first-order chi connectivity index (χ1) is 12.0. The van der Waals surface area contributed by atoms with Crippen LogP contribution in [0, 0.1) is 0 Å². The fourth-order valence-electron chi connectivity index (χ4n) is 3.67. The molecule has 0 aromatic carbocycles. The molecule has 1 N–H and O–H groups in total. The molecule has 1 spiro atoms. The van der Waals surface area contributed by atoms with Crippen molar-refractivity contribution in [3.05, 3.63) is 17.5 Å². The molecule has 0 unspecified atom stereocenters. The Labute approximate surface area is 146 Å². The van der Waals surface area contributed by atoms with E-state index in [0.29, 0.717) is 38.5 Å². The first kappa shape index (κ1) is 16.2. The van der Waals surface area contributed by atoms with Crippen LogP contribution in [0.4, 0.5) is 9.59 Å². The highest BCUT2D eigenvalue weighted by Crippen LogP contribution is 2.40. The number of carbonyl (C=O) groups is 2. The number of nitrogens with one attached hydrogen (secondary N) is 1. The molecule has 1 saturated carbocycles. The van der Waals surface area contributed by atoms with Gasteiger partial charge in [0.2, 0.25) is 0 Å². The highest BCUT2D eigenvalue weighted by Gasteiger charge is 2.44. The average molecular weight is 348 g/mol. The van der Waals surface area contributed by atoms with Crippen LogP contribution in [0.5, 0.6) is 0 Å². The van der Waals surface area contributed by atoms with Gasteiger partial charge in [0.25, 0.3) is 0 Å². The maximum absolute atomic E-state index is 12.4. The molecular weight excluding hydrogens is 324 g/mol. The first-order valence-electron chi connectivity index (χ1n) is 8.97. The monoisotopic (exact) mass is 348 g/mol. The van der Waals surface area contributed by atoms with E-state index in [0.717, 1.165) is 37.1 Å². The number of likely N-dealkylation sites (N-methyl/N-ethyl adjacent to an activating group) is 1. The normalized spacial score (nSPS) is 26.7. The van der Waals surface area contributed by atoms with Crippen molar-refractivity contribution in [2.45, 2.75) is 50.2 Å². The number of nitrogens with zero attached hydrogens (tertiary/aromatic N) is 3. The van der Waals surface area contributed by atoms with Crippen LogP contribution in [-0.4, -0.2) is 59.4 Å². The average Bonchev–Trinajstić information content (AvgIpc) is 3.30. The number of urea groups is 1. The zero-order valence-electron chi connectivity index (χ0n) is 14.5. The molecule has 1 atom stereocenters. The van der Waals surface area contributed by atoms with Crippen LogP contribution in [0.1, 0.15) is 49.5 Å². The van der Waals surface area contributed by atoms with E-state index < -0.39 is 5.60 Å². The summed E-state index contributed by atoms with van der Waals surface area (Å²) in [5.74, 6) is 1.44. The van der Waals surface area contributed by atoms with Gasteiger partial charge in [-0.25, -0.2) is 9.59 Å². The van der Waals surface area contributed by atoms with E-state index in [1.54, 1.807) is 16.8 Å². The number of rotatable bonds is 3. The number of carbonyl (C=O) groups excluding carboxylic acids is 2. The second kappa shape index (κ2) is 6.24. The fourth-order valence-corrected chi connectivity index (χ4v) is 3.67. The van der Waals surface area contributed by atoms with Crippen molar-refractivity contribution in [1.82, 2.24) is 20.3 Å². The quantitative estimate of drug-likeness (QED) is 0.903. The highest BCUT2D eigenvalue weighted by molar-refractivity contribution is 5.74. The molecule has 2 saturated heterocycles. The van der Waals surface area contributed by atoms with E-state index in [-0.39, 0.29) is 12.1 Å². The topological polar surface area (TPSA) is 87.9 Å². The van der Waals surface area contributed by atoms with Crippen LogP contribution in [-0.2, 0) is 11.3 Å². The van der Waals surface area contributed by atoms with Crippen LogP contribution >= 0.6 is 0 Å². The van der Waals surface area contributed by atoms with E-state index in [1.165, 1.54) is 0 Å². The predicted molar refractivity (Wildman–Crippen MR) is 88.0 cm³/mol. The number of aromatic nitrogens is 1. The number of likely N-dealkylation sites (tertiary alicyclic amines) is 1. The van der Waals surface area contributed by atoms with Gasteiger partial charge >= 0.3 is 12.1 Å². The zero-order chi connectivity index (χ0) is 17.4. The molecule has 2 aliphatic heterocycles. The second-order valence-corrected chi connectivity index (χ2v) is 7.40. The van der Waals surface area contributed by atoms with Gasteiger partial charge in [-0.15, -0.1) is 0 Å². The minimum absolute atomic E-state index is 0.106. The molecule has 3 aliphatic rings. The lowest BCUT2D eigenvalue weighted by atomic mass is 9.95. The third kappa shape index (κ3) is 3.43. The molecule has 136 valence electrons. The molecule has 4 rings (SSSR count). The van der Waals surface area contributed by atoms with E-state index in [4.69, 9.17) is 9.26 Å². The van der Waals surface area contributed by atoms with Crippen molar-refractivity contribution < 1.29 is 18.8 Å². The van der Waals surface area contributed by atoms with E-state index in [9.17, 15) is 9.59 Å². The van der Waals surface area contributed by atoms with Crippen LogP contribution in [0.25, 0.3) is 0 Å². The minimum atomic E-state index is -0.438. The second-order valence-electron chi connectivity index (χ2n) is 7.40. The summed E-state index contributed by atoms with van der Waals surface area (Å²) in [5.41, 5.74) is 0.319. The maximum atomic E-state index is 12.4. The summed E-state index contributed by atoms with van der Waals surface area (Å²) in [6, 6.07) is 1.83. The van der Waals surface area contributed by atoms with Gasteiger partial charge in [0.15, 0.2) is 0 Å². The zero-order valence-corrected chi connectivity index (χ0v) is 14.5. The molecular formula is C17H24N4O4. The lowest BCUT2D eigenvalue weighted by Gasteiger charge is -2.25. The van der Waals surface area contributed by atoms with E-state index in [2.05, 4.69) is 10.5 Å². The highest BCUT2D eigenvalue weighted by atomic mass is 16.6. The smallest absolute Gasteiger partial charge is 0.410 e. The van der Waals surface area contributed by atoms with E-state index >= 15 is 0 Å². The Balaban J connectivity index is 1.29. The molecule has 3 amide bonds. The molecule has 25 heavy (non-hydrogen) atoms. The SMILES string of the molecule is CN1C[C@@]2(CCCN(C(=O)NCc3cc(C4CC4)on3)CC2)OC1=O. The number of amides is 3. The fraction of sp³-hybridized carbons (Fsp3) is 0.706. The third-order valence-corrected chi connectivity index (χ3v) is 5.30. The molecule has 0 bridgehead atoms. The Morgan fingerprint density at radius 1 is 1.40 bits per heavy atom. The van der Waals surface area contributed by atoms with Gasteiger partial charge in [-0.1, -0.05) is 5.16 Å². The van der Waals surface area contributed by atoms with Gasteiger partial charge in [-0.2, -0.15) is 0 Å². The molecule has 3 fully saturated rings. The van der Waals surface area contributed by atoms with Gasteiger partial charge in [0.05, 0.1) is 13.1 Å². The summed E-state index contributed by atoms with van der Waals surface area (Å²) >= 11 is 0. The van der Waals surface area contributed by atoms with Crippen molar-refractivity contribution >= 4 is 12.1 Å². The summed E-state index contributed by atoms with van der Waals surface area (Å²) < 4.78 is 10.9. The molecule has 8 heteroatoms. The van der Waals surface area contributed by atoms with Crippen molar-refractivity contribution in [2.75, 3.05) is 26.7 Å². The molecule has 3 heterocycles. The summed E-state index contributed by atoms with van der Waals surface area (Å²) in [6.07, 6.45) is 4.35. The summed E-state index contributed by atoms with van der Waals surface area (Å²) in [5, 5.41) is 6.93. The van der Waals surface area contributed by atoms with Crippen molar-refractivity contribution in [3.8, 4) is 0 Å². The predicted octanol–water partition coefficient (Wildman–Crippen LogP) is 2.07. The summed E-state index contributed by atoms with van der Waals surface area (Å²) in [4.78, 5) is 27.5. The van der Waals surface area contributed by atoms with Crippen LogP contribution in [0.2, 0.25) is 0 Å². The van der Waals surface area contributed by atoms with Crippen LogP contribution in [0.15, 0.2) is 10.6 Å². The largest absolute Gasteiger partial charge is 0.441 e. The van der Waals surface area contributed by atoms with Crippen molar-refractivity contribution in [1.29, 1.82) is 0 Å². The van der Waals surface area contributed by atoms with Gasteiger partial charge in [-0.3, -0.25) is 0 Å².